The third-order valence-corrected chi connectivity index (χ3v) is 5.13. The number of benzene rings is 1. The average molecular weight is 332 g/mol. The van der Waals surface area contributed by atoms with E-state index in [4.69, 9.17) is 4.74 Å². The Hall–Kier alpha value is -1.55. The van der Waals surface area contributed by atoms with Gasteiger partial charge in [0.15, 0.2) is 0 Å². The molecule has 0 bridgehead atoms. The molecule has 1 aromatic rings. The lowest BCUT2D eigenvalue weighted by atomic mass is 9.98. The second kappa shape index (κ2) is 9.07. The van der Waals surface area contributed by atoms with E-state index in [1.54, 1.807) is 7.11 Å². The van der Waals surface area contributed by atoms with Crippen LogP contribution in [-0.2, 0) is 4.79 Å². The number of hydrogen-bond donors (Lipinski definition) is 1. The minimum Gasteiger partial charge on any atom is -0.497 e. The largest absolute Gasteiger partial charge is 0.497 e. The first-order valence-electron chi connectivity index (χ1n) is 9.31. The number of amides is 1. The fourth-order valence-electron chi connectivity index (χ4n) is 3.62. The van der Waals surface area contributed by atoms with Crippen LogP contribution < -0.4 is 10.1 Å². The molecular weight excluding hydrogens is 300 g/mol. The van der Waals surface area contributed by atoms with Gasteiger partial charge >= 0.3 is 0 Å². The summed E-state index contributed by atoms with van der Waals surface area (Å²) in [5, 5.41) is 3.53. The molecule has 4 nitrogen and oxygen atoms in total. The molecule has 4 heteroatoms. The molecule has 1 heterocycles. The summed E-state index contributed by atoms with van der Waals surface area (Å²) < 4.78 is 5.22. The highest BCUT2D eigenvalue weighted by molar-refractivity contribution is 5.82. The van der Waals surface area contributed by atoms with Gasteiger partial charge in [0.05, 0.1) is 13.2 Å². The van der Waals surface area contributed by atoms with E-state index in [0.29, 0.717) is 6.04 Å². The lowest BCUT2D eigenvalue weighted by Gasteiger charge is -2.37. The molecule has 0 radical (unpaired) electrons. The van der Waals surface area contributed by atoms with Crippen molar-refractivity contribution in [3.8, 4) is 5.75 Å². The summed E-state index contributed by atoms with van der Waals surface area (Å²) in [5.74, 6) is 1.10. The number of rotatable bonds is 7. The Balaban J connectivity index is 2.01. The molecule has 24 heavy (non-hydrogen) atoms. The smallest absolute Gasteiger partial charge is 0.239 e. The molecule has 0 saturated carbocycles. The van der Waals surface area contributed by atoms with E-state index in [1.165, 1.54) is 12.0 Å². The van der Waals surface area contributed by atoms with E-state index >= 15 is 0 Å². The van der Waals surface area contributed by atoms with Gasteiger partial charge in [0.1, 0.15) is 5.75 Å². The van der Waals surface area contributed by atoms with E-state index < -0.39 is 0 Å². The highest BCUT2D eigenvalue weighted by Gasteiger charge is 2.29. The fourth-order valence-corrected chi connectivity index (χ4v) is 3.62. The summed E-state index contributed by atoms with van der Waals surface area (Å²) >= 11 is 0. The number of ether oxygens (including phenoxy) is 1. The molecule has 1 aromatic carbocycles. The monoisotopic (exact) mass is 332 g/mol. The minimum absolute atomic E-state index is 0.163. The number of nitrogens with one attached hydrogen (secondary N) is 1. The van der Waals surface area contributed by atoms with Gasteiger partial charge in [-0.25, -0.2) is 0 Å². The molecular formula is C20H32N2O2. The van der Waals surface area contributed by atoms with Crippen LogP contribution in [0.1, 0.15) is 64.5 Å². The Bertz CT molecular complexity index is 515. The molecule has 0 spiro atoms. The second-order valence-electron chi connectivity index (χ2n) is 6.71. The summed E-state index contributed by atoms with van der Waals surface area (Å²) in [6.45, 7) is 7.23. The number of likely N-dealkylation sites (tertiary alicyclic amines) is 1. The number of carbonyl (C=O) groups excluding carboxylic acids is 1. The van der Waals surface area contributed by atoms with Crippen molar-refractivity contribution in [3.05, 3.63) is 29.8 Å². The van der Waals surface area contributed by atoms with Crippen LogP contribution in [0.4, 0.5) is 0 Å². The lowest BCUT2D eigenvalue weighted by Crippen LogP contribution is -2.51. The van der Waals surface area contributed by atoms with Gasteiger partial charge in [0, 0.05) is 18.6 Å². The number of nitrogens with zero attached hydrogens (tertiary/aromatic N) is 1. The predicted octanol–water partition coefficient (Wildman–Crippen LogP) is 3.92. The van der Waals surface area contributed by atoms with Gasteiger partial charge in [-0.15, -0.1) is 0 Å². The summed E-state index contributed by atoms with van der Waals surface area (Å²) in [4.78, 5) is 15.0. The molecule has 0 aliphatic carbocycles. The van der Waals surface area contributed by atoms with Crippen molar-refractivity contribution in [2.75, 3.05) is 13.7 Å². The van der Waals surface area contributed by atoms with Crippen LogP contribution in [0.5, 0.6) is 5.75 Å². The Morgan fingerprint density at radius 3 is 2.58 bits per heavy atom. The van der Waals surface area contributed by atoms with Gasteiger partial charge < -0.3 is 9.64 Å². The van der Waals surface area contributed by atoms with Crippen molar-refractivity contribution in [1.29, 1.82) is 0 Å². The van der Waals surface area contributed by atoms with Crippen LogP contribution in [0.3, 0.4) is 0 Å². The molecule has 3 atom stereocenters. The summed E-state index contributed by atoms with van der Waals surface area (Å²) in [5.41, 5.74) is 1.20. The summed E-state index contributed by atoms with van der Waals surface area (Å²) in [6.07, 6.45) is 5.51. The van der Waals surface area contributed by atoms with Crippen LogP contribution in [0.15, 0.2) is 24.3 Å². The normalized spacial score (nSPS) is 20.5. The van der Waals surface area contributed by atoms with Crippen molar-refractivity contribution in [2.45, 2.75) is 71.0 Å². The lowest BCUT2D eigenvalue weighted by molar-refractivity contribution is -0.137. The zero-order valence-electron chi connectivity index (χ0n) is 15.5. The van der Waals surface area contributed by atoms with Gasteiger partial charge in [-0.2, -0.15) is 0 Å². The fraction of sp³-hybridized carbons (Fsp3) is 0.650. The van der Waals surface area contributed by atoms with Gasteiger partial charge in [-0.3, -0.25) is 10.1 Å². The molecule has 1 aliphatic heterocycles. The van der Waals surface area contributed by atoms with Crippen molar-refractivity contribution < 1.29 is 9.53 Å². The third-order valence-electron chi connectivity index (χ3n) is 5.13. The highest BCUT2D eigenvalue weighted by Crippen LogP contribution is 2.23. The average Bonchev–Trinajstić information content (AvgIpc) is 2.65. The van der Waals surface area contributed by atoms with Crippen molar-refractivity contribution in [2.24, 2.45) is 0 Å². The van der Waals surface area contributed by atoms with Gasteiger partial charge in [0.25, 0.3) is 0 Å². The Labute approximate surface area is 146 Å². The molecule has 1 fully saturated rings. The van der Waals surface area contributed by atoms with E-state index in [1.807, 2.05) is 19.1 Å². The van der Waals surface area contributed by atoms with Crippen LogP contribution in [0.2, 0.25) is 0 Å². The van der Waals surface area contributed by atoms with Crippen molar-refractivity contribution in [1.82, 2.24) is 10.2 Å². The highest BCUT2D eigenvalue weighted by atomic mass is 16.5. The maximum atomic E-state index is 12.9. The maximum absolute atomic E-state index is 12.9. The summed E-state index contributed by atoms with van der Waals surface area (Å²) in [7, 11) is 1.67. The molecule has 1 saturated heterocycles. The molecule has 2 rings (SSSR count). The summed E-state index contributed by atoms with van der Waals surface area (Å²) in [6, 6.07) is 8.54. The van der Waals surface area contributed by atoms with Gasteiger partial charge in [-0.05, 0) is 56.7 Å². The van der Waals surface area contributed by atoms with E-state index in [2.05, 4.69) is 36.2 Å². The topological polar surface area (TPSA) is 41.6 Å². The van der Waals surface area contributed by atoms with Gasteiger partial charge in [-0.1, -0.05) is 26.0 Å². The Morgan fingerprint density at radius 2 is 2.00 bits per heavy atom. The van der Waals surface area contributed by atoms with Crippen molar-refractivity contribution >= 4 is 5.91 Å². The first-order valence-corrected chi connectivity index (χ1v) is 9.31. The maximum Gasteiger partial charge on any atom is 0.239 e. The molecule has 1 aliphatic rings. The SMILES string of the molecule is CCC(NC(C)C(=O)N1CCCCC1CC)c1ccc(OC)cc1. The third kappa shape index (κ3) is 4.50. The van der Waals surface area contributed by atoms with Crippen LogP contribution in [-0.4, -0.2) is 36.5 Å². The number of carbonyl (C=O) groups is 1. The number of hydrogen-bond acceptors (Lipinski definition) is 3. The molecule has 0 aromatic heterocycles. The second-order valence-corrected chi connectivity index (χ2v) is 6.71. The van der Waals surface area contributed by atoms with E-state index in [9.17, 15) is 4.79 Å². The quantitative estimate of drug-likeness (QED) is 0.823. The molecule has 3 unspecified atom stereocenters. The first kappa shape index (κ1) is 18.8. The van der Waals surface area contributed by atoms with Crippen LogP contribution >= 0.6 is 0 Å². The van der Waals surface area contributed by atoms with E-state index in [-0.39, 0.29) is 18.0 Å². The molecule has 134 valence electrons. The zero-order valence-corrected chi connectivity index (χ0v) is 15.5. The first-order chi connectivity index (χ1) is 11.6. The van der Waals surface area contributed by atoms with Crippen molar-refractivity contribution in [3.63, 3.8) is 0 Å². The molecule has 1 amide bonds. The van der Waals surface area contributed by atoms with Crippen LogP contribution in [0.25, 0.3) is 0 Å². The van der Waals surface area contributed by atoms with Crippen LogP contribution in [0, 0.1) is 0 Å². The standard InChI is InChI=1S/C20H32N2O2/c1-5-17-9-7-8-14-22(17)20(23)15(3)21-19(6-2)16-10-12-18(24-4)13-11-16/h10-13,15,17,19,21H,5-9,14H2,1-4H3. The van der Waals surface area contributed by atoms with Gasteiger partial charge in [0.2, 0.25) is 5.91 Å². The Kier molecular flexibility index (Phi) is 7.10. The zero-order chi connectivity index (χ0) is 17.5. The predicted molar refractivity (Wildman–Crippen MR) is 98.3 cm³/mol. The number of methoxy groups -OCH3 is 1. The Morgan fingerprint density at radius 1 is 1.29 bits per heavy atom. The molecule has 1 N–H and O–H groups in total. The minimum atomic E-state index is -0.163. The van der Waals surface area contributed by atoms with E-state index in [0.717, 1.165) is 38.0 Å². The number of piperidine rings is 1.